The van der Waals surface area contributed by atoms with Crippen molar-refractivity contribution < 1.29 is 19.8 Å². The Hall–Kier alpha value is -1.34. The Bertz CT molecular complexity index is 338. The van der Waals surface area contributed by atoms with Crippen LogP contribution in [0.2, 0.25) is 0 Å². The first-order chi connectivity index (χ1) is 10.1. The summed E-state index contributed by atoms with van der Waals surface area (Å²) in [5.74, 6) is -0.852. The van der Waals surface area contributed by atoms with Gasteiger partial charge in [0, 0.05) is 39.1 Å². The fourth-order valence-electron chi connectivity index (χ4n) is 2.49. The highest BCUT2D eigenvalue weighted by molar-refractivity contribution is 5.74. The van der Waals surface area contributed by atoms with E-state index in [-0.39, 0.29) is 25.0 Å². The van der Waals surface area contributed by atoms with E-state index < -0.39 is 5.97 Å². The van der Waals surface area contributed by atoms with Crippen molar-refractivity contribution in [3.8, 4) is 0 Å². The van der Waals surface area contributed by atoms with Gasteiger partial charge >= 0.3 is 12.0 Å². The maximum Gasteiger partial charge on any atom is 0.317 e. The summed E-state index contributed by atoms with van der Waals surface area (Å²) < 4.78 is 0. The zero-order valence-electron chi connectivity index (χ0n) is 12.8. The van der Waals surface area contributed by atoms with Crippen LogP contribution in [0.4, 0.5) is 4.79 Å². The molecule has 0 aromatic rings. The number of urea groups is 1. The highest BCUT2D eigenvalue weighted by Gasteiger charge is 2.20. The molecule has 0 spiro atoms. The molecule has 1 rings (SSSR count). The quantitative estimate of drug-likeness (QED) is 0.624. The fraction of sp³-hybridized carbons (Fsp3) is 0.857. The van der Waals surface area contributed by atoms with E-state index in [2.05, 4.69) is 10.2 Å². The second-order valence-electron chi connectivity index (χ2n) is 5.46. The lowest BCUT2D eigenvalue weighted by Gasteiger charge is -2.23. The Morgan fingerprint density at radius 3 is 2.62 bits per heavy atom. The van der Waals surface area contributed by atoms with Crippen LogP contribution in [0.15, 0.2) is 0 Å². The summed E-state index contributed by atoms with van der Waals surface area (Å²) in [5.41, 5.74) is 0. The molecule has 0 aromatic heterocycles. The van der Waals surface area contributed by atoms with E-state index in [4.69, 9.17) is 10.2 Å². The van der Waals surface area contributed by atoms with Crippen LogP contribution in [0.25, 0.3) is 0 Å². The molecule has 1 unspecified atom stereocenters. The molecule has 0 bridgehead atoms. The average molecular weight is 301 g/mol. The van der Waals surface area contributed by atoms with Crippen LogP contribution in [0.1, 0.15) is 26.2 Å². The number of β-amino-alcohol motifs (C(OH)–C–C–N with tert-alkyl or cyclic N) is 1. The Kier molecular flexibility index (Phi) is 8.07. The molecule has 1 saturated heterocycles. The number of aliphatic carboxylic acids is 1. The largest absolute Gasteiger partial charge is 0.481 e. The Morgan fingerprint density at radius 1 is 1.24 bits per heavy atom. The summed E-state index contributed by atoms with van der Waals surface area (Å²) in [6, 6.07) is -0.121. The molecule has 7 heteroatoms. The molecule has 7 nitrogen and oxygen atoms in total. The maximum absolute atomic E-state index is 12.1. The number of rotatable bonds is 7. The highest BCUT2D eigenvalue weighted by Crippen LogP contribution is 2.08. The van der Waals surface area contributed by atoms with Crippen molar-refractivity contribution in [2.45, 2.75) is 26.2 Å². The molecule has 1 aliphatic rings. The van der Waals surface area contributed by atoms with Gasteiger partial charge in [0.25, 0.3) is 0 Å². The van der Waals surface area contributed by atoms with Gasteiger partial charge in [-0.05, 0) is 18.9 Å². The number of carbonyl (C=O) groups is 2. The number of nitrogens with zero attached hydrogens (tertiary/aromatic N) is 2. The van der Waals surface area contributed by atoms with Crippen molar-refractivity contribution in [3.63, 3.8) is 0 Å². The summed E-state index contributed by atoms with van der Waals surface area (Å²) >= 11 is 0. The third-order valence-electron chi connectivity index (χ3n) is 3.87. The number of hydrogen-bond donors (Lipinski definition) is 3. The third-order valence-corrected chi connectivity index (χ3v) is 3.87. The molecule has 0 saturated carbocycles. The van der Waals surface area contributed by atoms with E-state index in [1.54, 1.807) is 4.90 Å². The first kappa shape index (κ1) is 17.7. The zero-order valence-corrected chi connectivity index (χ0v) is 12.8. The van der Waals surface area contributed by atoms with Crippen molar-refractivity contribution >= 4 is 12.0 Å². The molecule has 0 radical (unpaired) electrons. The molecule has 21 heavy (non-hydrogen) atoms. The lowest BCUT2D eigenvalue weighted by Crippen LogP contribution is -2.43. The van der Waals surface area contributed by atoms with Gasteiger partial charge in [0.2, 0.25) is 0 Å². The van der Waals surface area contributed by atoms with Crippen molar-refractivity contribution in [3.05, 3.63) is 0 Å². The van der Waals surface area contributed by atoms with Crippen molar-refractivity contribution in [1.82, 2.24) is 15.1 Å². The van der Waals surface area contributed by atoms with Gasteiger partial charge in [-0.25, -0.2) is 4.79 Å². The third kappa shape index (κ3) is 6.77. The molecule has 2 amide bonds. The second-order valence-corrected chi connectivity index (χ2v) is 5.46. The van der Waals surface area contributed by atoms with Crippen LogP contribution in [-0.4, -0.2) is 77.9 Å². The van der Waals surface area contributed by atoms with E-state index in [1.165, 1.54) is 0 Å². The zero-order chi connectivity index (χ0) is 15.7. The molecule has 1 atom stereocenters. The van der Waals surface area contributed by atoms with Gasteiger partial charge < -0.3 is 20.4 Å². The predicted molar refractivity (Wildman–Crippen MR) is 79.1 cm³/mol. The molecular formula is C14H27N3O4. The summed E-state index contributed by atoms with van der Waals surface area (Å²) in [6.07, 6.45) is 1.71. The number of aliphatic hydroxyl groups is 1. The fourth-order valence-corrected chi connectivity index (χ4v) is 2.49. The number of carboxylic acids is 1. The predicted octanol–water partition coefficient (Wildman–Crippen LogP) is 0.197. The Balaban J connectivity index is 2.35. The number of carbonyl (C=O) groups excluding carboxylic acids is 1. The monoisotopic (exact) mass is 301 g/mol. The van der Waals surface area contributed by atoms with Gasteiger partial charge in [-0.1, -0.05) is 13.3 Å². The van der Waals surface area contributed by atoms with E-state index in [9.17, 15) is 9.59 Å². The van der Waals surface area contributed by atoms with Crippen LogP contribution >= 0.6 is 0 Å². The van der Waals surface area contributed by atoms with Crippen molar-refractivity contribution in [2.24, 2.45) is 5.92 Å². The van der Waals surface area contributed by atoms with E-state index in [0.717, 1.165) is 25.9 Å². The van der Waals surface area contributed by atoms with Crippen LogP contribution in [0.3, 0.4) is 0 Å². The molecule has 1 heterocycles. The first-order valence-electron chi connectivity index (χ1n) is 7.64. The SMILES string of the molecule is CCC(CNC(=O)N1CCCN(CCO)CC1)CC(=O)O. The smallest absolute Gasteiger partial charge is 0.317 e. The summed E-state index contributed by atoms with van der Waals surface area (Å²) in [6.45, 7) is 6.11. The minimum atomic E-state index is -0.828. The maximum atomic E-state index is 12.1. The van der Waals surface area contributed by atoms with Crippen LogP contribution < -0.4 is 5.32 Å². The standard InChI is InChI=1S/C14H27N3O4/c1-2-12(10-13(19)20)11-15-14(21)17-5-3-4-16(6-7-17)8-9-18/h12,18H,2-11H2,1H3,(H,15,21)(H,19,20). The normalized spacial score (nSPS) is 18.1. The number of amides is 2. The number of carboxylic acid groups (broad SMARTS) is 1. The molecule has 0 aromatic carbocycles. The summed E-state index contributed by atoms with van der Waals surface area (Å²) in [7, 11) is 0. The summed E-state index contributed by atoms with van der Waals surface area (Å²) in [4.78, 5) is 26.7. The Labute approximate surface area is 125 Å². The lowest BCUT2D eigenvalue weighted by molar-refractivity contribution is -0.138. The molecule has 0 aliphatic carbocycles. The van der Waals surface area contributed by atoms with E-state index in [0.29, 0.717) is 26.2 Å². The van der Waals surface area contributed by atoms with Crippen LogP contribution in [0.5, 0.6) is 0 Å². The number of nitrogens with one attached hydrogen (secondary N) is 1. The Morgan fingerprint density at radius 2 is 2.00 bits per heavy atom. The molecule has 1 aliphatic heterocycles. The van der Waals surface area contributed by atoms with Crippen LogP contribution in [-0.2, 0) is 4.79 Å². The molecule has 1 fully saturated rings. The molecule has 3 N–H and O–H groups in total. The van der Waals surface area contributed by atoms with E-state index in [1.807, 2.05) is 6.92 Å². The first-order valence-corrected chi connectivity index (χ1v) is 7.64. The number of aliphatic hydroxyl groups excluding tert-OH is 1. The lowest BCUT2D eigenvalue weighted by atomic mass is 10.0. The second kappa shape index (κ2) is 9.57. The topological polar surface area (TPSA) is 93.1 Å². The number of hydrogen-bond acceptors (Lipinski definition) is 4. The van der Waals surface area contributed by atoms with Gasteiger partial charge in [-0.3, -0.25) is 9.69 Å². The molecule has 122 valence electrons. The van der Waals surface area contributed by atoms with Gasteiger partial charge in [-0.15, -0.1) is 0 Å². The molecular weight excluding hydrogens is 274 g/mol. The van der Waals surface area contributed by atoms with E-state index >= 15 is 0 Å². The summed E-state index contributed by atoms with van der Waals surface area (Å²) in [5, 5.41) is 20.6. The van der Waals surface area contributed by atoms with Gasteiger partial charge in [0.15, 0.2) is 0 Å². The van der Waals surface area contributed by atoms with Crippen LogP contribution in [0, 0.1) is 5.92 Å². The minimum absolute atomic E-state index is 0.0238. The minimum Gasteiger partial charge on any atom is -0.481 e. The average Bonchev–Trinajstić information content (AvgIpc) is 2.69. The highest BCUT2D eigenvalue weighted by atomic mass is 16.4. The van der Waals surface area contributed by atoms with Crippen molar-refractivity contribution in [2.75, 3.05) is 45.9 Å². The van der Waals surface area contributed by atoms with Gasteiger partial charge in [0.1, 0.15) is 0 Å². The van der Waals surface area contributed by atoms with Gasteiger partial charge in [-0.2, -0.15) is 0 Å². The van der Waals surface area contributed by atoms with Crippen molar-refractivity contribution in [1.29, 1.82) is 0 Å². The van der Waals surface area contributed by atoms with Gasteiger partial charge in [0.05, 0.1) is 6.61 Å².